The summed E-state index contributed by atoms with van der Waals surface area (Å²) in [5.41, 5.74) is 5.79. The van der Waals surface area contributed by atoms with Gasteiger partial charge in [0, 0.05) is 5.92 Å². The summed E-state index contributed by atoms with van der Waals surface area (Å²) in [5, 5.41) is 0.934. The summed E-state index contributed by atoms with van der Waals surface area (Å²) in [5.74, 6) is -0.514. The lowest BCUT2D eigenvalue weighted by molar-refractivity contribution is -0.143. The molecule has 1 aromatic rings. The maximum atomic E-state index is 11.5. The number of carbonyl (C=O) groups excluding carboxylic acids is 1. The van der Waals surface area contributed by atoms with Crippen LogP contribution in [0.25, 0.3) is 0 Å². The number of hydrogen-bond acceptors (Lipinski definition) is 3. The van der Waals surface area contributed by atoms with E-state index in [-0.39, 0.29) is 5.92 Å². The number of rotatable bonds is 2. The summed E-state index contributed by atoms with van der Waals surface area (Å²) in [6.45, 7) is 0. The van der Waals surface area contributed by atoms with Crippen LogP contribution in [-0.2, 0) is 9.53 Å². The fraction of sp³-hybridized carbons (Fsp3) is 0.364. The van der Waals surface area contributed by atoms with Crippen LogP contribution in [0.1, 0.15) is 17.9 Å². The van der Waals surface area contributed by atoms with E-state index in [4.69, 9.17) is 28.9 Å². The third kappa shape index (κ3) is 1.69. The first-order valence-corrected chi connectivity index (χ1v) is 5.57. The van der Waals surface area contributed by atoms with Gasteiger partial charge in [-0.15, -0.1) is 0 Å². The minimum atomic E-state index is -0.941. The van der Waals surface area contributed by atoms with E-state index in [1.807, 2.05) is 6.07 Å². The third-order valence-electron chi connectivity index (χ3n) is 2.93. The summed E-state index contributed by atoms with van der Waals surface area (Å²) in [6, 6.07) is 5.32. The quantitative estimate of drug-likeness (QED) is 0.830. The van der Waals surface area contributed by atoms with Gasteiger partial charge in [0.2, 0.25) is 0 Å². The molecule has 0 aliphatic heterocycles. The molecule has 0 heterocycles. The van der Waals surface area contributed by atoms with Crippen molar-refractivity contribution >= 4 is 29.2 Å². The molecule has 1 aromatic carbocycles. The SMILES string of the molecule is COC(=O)[C@@]1(N)C[C@@H]1c1cccc(Cl)c1Cl. The Balaban J connectivity index is 2.30. The largest absolute Gasteiger partial charge is 0.468 e. The Kier molecular flexibility index (Phi) is 2.86. The lowest BCUT2D eigenvalue weighted by Crippen LogP contribution is -2.35. The van der Waals surface area contributed by atoms with E-state index in [0.717, 1.165) is 5.56 Å². The van der Waals surface area contributed by atoms with Crippen LogP contribution in [-0.4, -0.2) is 18.6 Å². The zero-order chi connectivity index (χ0) is 11.9. The summed E-state index contributed by atoms with van der Waals surface area (Å²) >= 11 is 12.0. The molecule has 1 fully saturated rings. The Hall–Kier alpha value is -0.770. The molecule has 3 nitrogen and oxygen atoms in total. The standard InChI is InChI=1S/C11H11Cl2NO2/c1-16-10(15)11(14)5-7(11)6-3-2-4-8(12)9(6)13/h2-4,7H,5,14H2,1H3/t7-,11-/m1/s1. The molecule has 86 valence electrons. The Bertz CT molecular complexity index is 450. The second-order valence-electron chi connectivity index (χ2n) is 3.93. The van der Waals surface area contributed by atoms with Crippen molar-refractivity contribution in [3.05, 3.63) is 33.8 Å². The molecule has 0 aromatic heterocycles. The number of esters is 1. The molecule has 0 radical (unpaired) electrons. The van der Waals surface area contributed by atoms with Gasteiger partial charge in [0.05, 0.1) is 17.2 Å². The number of benzene rings is 1. The van der Waals surface area contributed by atoms with Crippen molar-refractivity contribution in [2.45, 2.75) is 17.9 Å². The molecule has 0 bridgehead atoms. The van der Waals surface area contributed by atoms with E-state index < -0.39 is 11.5 Å². The maximum Gasteiger partial charge on any atom is 0.326 e. The summed E-state index contributed by atoms with van der Waals surface area (Å²) in [4.78, 5) is 11.5. The van der Waals surface area contributed by atoms with Crippen molar-refractivity contribution in [2.24, 2.45) is 5.73 Å². The maximum absolute atomic E-state index is 11.5. The lowest BCUT2D eigenvalue weighted by Gasteiger charge is -2.10. The zero-order valence-corrected chi connectivity index (χ0v) is 10.2. The molecule has 0 unspecified atom stereocenters. The number of methoxy groups -OCH3 is 1. The molecule has 1 saturated carbocycles. The summed E-state index contributed by atoms with van der Waals surface area (Å²) < 4.78 is 4.66. The molecule has 16 heavy (non-hydrogen) atoms. The highest BCUT2D eigenvalue weighted by atomic mass is 35.5. The molecule has 1 aliphatic rings. The zero-order valence-electron chi connectivity index (χ0n) is 8.67. The highest BCUT2D eigenvalue weighted by molar-refractivity contribution is 6.42. The molecule has 2 N–H and O–H groups in total. The molecular weight excluding hydrogens is 249 g/mol. The first-order chi connectivity index (χ1) is 7.50. The van der Waals surface area contributed by atoms with Crippen molar-refractivity contribution in [1.82, 2.24) is 0 Å². The van der Waals surface area contributed by atoms with Crippen molar-refractivity contribution in [3.63, 3.8) is 0 Å². The van der Waals surface area contributed by atoms with E-state index in [1.54, 1.807) is 12.1 Å². The van der Waals surface area contributed by atoms with Gasteiger partial charge < -0.3 is 10.5 Å². The topological polar surface area (TPSA) is 52.3 Å². The van der Waals surface area contributed by atoms with Crippen LogP contribution in [0.5, 0.6) is 0 Å². The molecule has 2 atom stereocenters. The highest BCUT2D eigenvalue weighted by Crippen LogP contribution is 2.52. The van der Waals surface area contributed by atoms with Gasteiger partial charge >= 0.3 is 5.97 Å². The average Bonchev–Trinajstić information content (AvgIpc) is 2.95. The second kappa shape index (κ2) is 3.91. The predicted molar refractivity (Wildman–Crippen MR) is 62.8 cm³/mol. The fourth-order valence-corrected chi connectivity index (χ4v) is 2.31. The fourth-order valence-electron chi connectivity index (χ4n) is 1.87. The van der Waals surface area contributed by atoms with Crippen LogP contribution >= 0.6 is 23.2 Å². The highest BCUT2D eigenvalue weighted by Gasteiger charge is 2.59. The smallest absolute Gasteiger partial charge is 0.326 e. The van der Waals surface area contributed by atoms with Crippen LogP contribution in [0.15, 0.2) is 18.2 Å². The van der Waals surface area contributed by atoms with E-state index in [1.165, 1.54) is 7.11 Å². The van der Waals surface area contributed by atoms with Gasteiger partial charge in [-0.3, -0.25) is 4.79 Å². The molecule has 0 saturated heterocycles. The lowest BCUT2D eigenvalue weighted by atomic mass is 10.1. The molecule has 5 heteroatoms. The van der Waals surface area contributed by atoms with Crippen LogP contribution in [0.2, 0.25) is 10.0 Å². The van der Waals surface area contributed by atoms with Crippen LogP contribution in [0.4, 0.5) is 0 Å². The Labute approximate surface area is 103 Å². The minimum absolute atomic E-state index is 0.105. The Morgan fingerprint density at radius 3 is 2.88 bits per heavy atom. The van der Waals surface area contributed by atoms with Gasteiger partial charge in [0.1, 0.15) is 5.54 Å². The molecule has 0 spiro atoms. The van der Waals surface area contributed by atoms with E-state index in [9.17, 15) is 4.79 Å². The van der Waals surface area contributed by atoms with E-state index in [0.29, 0.717) is 16.5 Å². The van der Waals surface area contributed by atoms with Gasteiger partial charge in [0.15, 0.2) is 0 Å². The third-order valence-corrected chi connectivity index (χ3v) is 3.76. The number of carbonyl (C=O) groups is 1. The van der Waals surface area contributed by atoms with E-state index in [2.05, 4.69) is 4.74 Å². The van der Waals surface area contributed by atoms with Crippen LogP contribution in [0, 0.1) is 0 Å². The molecule has 0 amide bonds. The number of halogens is 2. The van der Waals surface area contributed by atoms with E-state index >= 15 is 0 Å². The van der Waals surface area contributed by atoms with Crippen molar-refractivity contribution < 1.29 is 9.53 Å². The normalized spacial score (nSPS) is 27.6. The summed E-state index contributed by atoms with van der Waals surface area (Å²) in [7, 11) is 1.33. The van der Waals surface area contributed by atoms with Gasteiger partial charge in [-0.1, -0.05) is 35.3 Å². The monoisotopic (exact) mass is 259 g/mol. The Morgan fingerprint density at radius 2 is 2.25 bits per heavy atom. The number of nitrogens with two attached hydrogens (primary N) is 1. The second-order valence-corrected chi connectivity index (χ2v) is 4.72. The average molecular weight is 260 g/mol. The molecular formula is C11H11Cl2NO2. The van der Waals surface area contributed by atoms with Gasteiger partial charge in [-0.05, 0) is 18.1 Å². The summed E-state index contributed by atoms with van der Waals surface area (Å²) in [6.07, 6.45) is 0.541. The van der Waals surface area contributed by atoms with Gasteiger partial charge in [-0.25, -0.2) is 0 Å². The molecule has 1 aliphatic carbocycles. The van der Waals surface area contributed by atoms with Crippen molar-refractivity contribution in [3.8, 4) is 0 Å². The van der Waals surface area contributed by atoms with Crippen molar-refractivity contribution in [1.29, 1.82) is 0 Å². The number of hydrogen-bond donors (Lipinski definition) is 1. The minimum Gasteiger partial charge on any atom is -0.468 e. The predicted octanol–water partition coefficient (Wildman–Crippen LogP) is 2.35. The van der Waals surface area contributed by atoms with Crippen LogP contribution in [0.3, 0.4) is 0 Å². The first-order valence-electron chi connectivity index (χ1n) is 4.82. The Morgan fingerprint density at radius 1 is 1.56 bits per heavy atom. The molecule has 2 rings (SSSR count). The van der Waals surface area contributed by atoms with Crippen LogP contribution < -0.4 is 5.73 Å². The van der Waals surface area contributed by atoms with Gasteiger partial charge in [-0.2, -0.15) is 0 Å². The first kappa shape index (κ1) is 11.7. The van der Waals surface area contributed by atoms with Gasteiger partial charge in [0.25, 0.3) is 0 Å². The number of ether oxygens (including phenoxy) is 1. The van der Waals surface area contributed by atoms with Crippen molar-refractivity contribution in [2.75, 3.05) is 7.11 Å².